The molecule has 74 valence electrons. The Balaban J connectivity index is 2.47. The minimum Gasteiger partial charge on any atom is -0.299 e. The summed E-state index contributed by atoms with van der Waals surface area (Å²) in [6.45, 7) is 3.48. The van der Waals surface area contributed by atoms with Gasteiger partial charge in [0.05, 0.1) is 5.41 Å². The van der Waals surface area contributed by atoms with Crippen LogP contribution in [0.5, 0.6) is 0 Å². The molecule has 1 nitrogen and oxygen atoms in total. The van der Waals surface area contributed by atoms with Crippen molar-refractivity contribution in [3.05, 3.63) is 35.1 Å². The van der Waals surface area contributed by atoms with E-state index in [-0.39, 0.29) is 17.0 Å². The van der Waals surface area contributed by atoms with E-state index in [1.54, 1.807) is 13.0 Å². The first kappa shape index (κ1) is 9.38. The van der Waals surface area contributed by atoms with E-state index in [0.29, 0.717) is 0 Å². The highest BCUT2D eigenvalue weighted by Crippen LogP contribution is 2.49. The number of hydrogen-bond acceptors (Lipinski definition) is 1. The van der Waals surface area contributed by atoms with E-state index >= 15 is 0 Å². The number of benzene rings is 1. The average Bonchev–Trinajstić information content (AvgIpc) is 2.84. The van der Waals surface area contributed by atoms with Crippen molar-refractivity contribution in [2.45, 2.75) is 32.1 Å². The summed E-state index contributed by atoms with van der Waals surface area (Å²) in [5.41, 5.74) is 1.61. The zero-order valence-corrected chi connectivity index (χ0v) is 8.43. The zero-order chi connectivity index (χ0) is 10.3. The summed E-state index contributed by atoms with van der Waals surface area (Å²) in [5, 5.41) is 0. The number of Topliss-reactive ketones (excluding diaryl/α,β-unsaturated/α-hetero) is 1. The molecule has 1 fully saturated rings. The highest BCUT2D eigenvalue weighted by molar-refractivity contribution is 5.91. The number of ketones is 1. The average molecular weight is 192 g/mol. The summed E-state index contributed by atoms with van der Waals surface area (Å²) in [5.74, 6) is -0.0298. The van der Waals surface area contributed by atoms with Crippen LogP contribution in [0.1, 0.15) is 30.9 Å². The molecule has 0 amide bonds. The Hall–Kier alpha value is -1.18. The van der Waals surface area contributed by atoms with Gasteiger partial charge in [0.25, 0.3) is 0 Å². The highest BCUT2D eigenvalue weighted by atomic mass is 19.1. The molecular formula is C12H13FO. The Kier molecular flexibility index (Phi) is 1.95. The van der Waals surface area contributed by atoms with E-state index in [4.69, 9.17) is 0 Å². The van der Waals surface area contributed by atoms with E-state index in [1.165, 1.54) is 12.1 Å². The van der Waals surface area contributed by atoms with Crippen molar-refractivity contribution in [2.24, 2.45) is 0 Å². The lowest BCUT2D eigenvalue weighted by molar-refractivity contribution is -0.119. The van der Waals surface area contributed by atoms with Crippen LogP contribution in [0.25, 0.3) is 0 Å². The van der Waals surface area contributed by atoms with Crippen molar-refractivity contribution in [1.29, 1.82) is 0 Å². The standard InChI is InChI=1S/C12H13FO/c1-8-7-10(13)3-4-11(8)12(5-6-12)9(2)14/h3-4,7H,5-6H2,1-2H3. The molecule has 0 heterocycles. The number of hydrogen-bond donors (Lipinski definition) is 0. The molecule has 0 aromatic heterocycles. The van der Waals surface area contributed by atoms with Crippen LogP contribution in [0.4, 0.5) is 4.39 Å². The third-order valence-corrected chi connectivity index (χ3v) is 3.13. The quantitative estimate of drug-likeness (QED) is 0.704. The zero-order valence-electron chi connectivity index (χ0n) is 8.43. The molecule has 0 saturated heterocycles. The number of carbonyl (C=O) groups is 1. The molecule has 0 N–H and O–H groups in total. The molecule has 0 atom stereocenters. The van der Waals surface area contributed by atoms with Crippen molar-refractivity contribution in [1.82, 2.24) is 0 Å². The van der Waals surface area contributed by atoms with E-state index in [1.807, 2.05) is 6.92 Å². The van der Waals surface area contributed by atoms with Gasteiger partial charge in [-0.3, -0.25) is 4.79 Å². The van der Waals surface area contributed by atoms with Gasteiger partial charge >= 0.3 is 0 Å². The van der Waals surface area contributed by atoms with Crippen LogP contribution >= 0.6 is 0 Å². The van der Waals surface area contributed by atoms with Crippen molar-refractivity contribution in [2.75, 3.05) is 0 Å². The summed E-state index contributed by atoms with van der Waals surface area (Å²) in [6.07, 6.45) is 1.82. The van der Waals surface area contributed by atoms with Gasteiger partial charge < -0.3 is 0 Å². The summed E-state index contributed by atoms with van der Waals surface area (Å²) in [6, 6.07) is 4.68. The number of rotatable bonds is 2. The fourth-order valence-corrected chi connectivity index (χ4v) is 2.10. The second-order valence-corrected chi connectivity index (χ2v) is 4.10. The molecule has 0 radical (unpaired) electrons. The molecule has 0 spiro atoms. The van der Waals surface area contributed by atoms with Crippen LogP contribution in [-0.4, -0.2) is 5.78 Å². The molecule has 0 bridgehead atoms. The highest BCUT2D eigenvalue weighted by Gasteiger charge is 2.49. The van der Waals surface area contributed by atoms with Gasteiger partial charge in [0.2, 0.25) is 0 Å². The molecule has 1 aliphatic rings. The van der Waals surface area contributed by atoms with Gasteiger partial charge in [-0.2, -0.15) is 0 Å². The Morgan fingerprint density at radius 2 is 2.07 bits per heavy atom. The molecule has 1 saturated carbocycles. The van der Waals surface area contributed by atoms with Gasteiger partial charge in [-0.05, 0) is 49.9 Å². The largest absolute Gasteiger partial charge is 0.299 e. The number of halogens is 1. The van der Waals surface area contributed by atoms with Crippen molar-refractivity contribution >= 4 is 5.78 Å². The lowest BCUT2D eigenvalue weighted by Crippen LogP contribution is -2.18. The van der Waals surface area contributed by atoms with Crippen LogP contribution in [0.15, 0.2) is 18.2 Å². The predicted molar refractivity (Wildman–Crippen MR) is 52.7 cm³/mol. The normalized spacial score (nSPS) is 17.9. The first-order valence-corrected chi connectivity index (χ1v) is 4.84. The second-order valence-electron chi connectivity index (χ2n) is 4.10. The van der Waals surface area contributed by atoms with Crippen molar-refractivity contribution < 1.29 is 9.18 Å². The van der Waals surface area contributed by atoms with Gasteiger partial charge in [-0.15, -0.1) is 0 Å². The maximum atomic E-state index is 12.9. The first-order valence-electron chi connectivity index (χ1n) is 4.84. The monoisotopic (exact) mass is 192 g/mol. The minimum absolute atomic E-state index is 0.201. The lowest BCUT2D eigenvalue weighted by Gasteiger charge is -2.14. The summed E-state index contributed by atoms with van der Waals surface area (Å²) < 4.78 is 12.9. The molecule has 1 aliphatic carbocycles. The Labute approximate surface area is 82.9 Å². The first-order chi connectivity index (χ1) is 6.56. The number of aryl methyl sites for hydroxylation is 1. The second kappa shape index (κ2) is 2.91. The van der Waals surface area contributed by atoms with Gasteiger partial charge in [0.15, 0.2) is 0 Å². The van der Waals surface area contributed by atoms with Crippen LogP contribution in [0, 0.1) is 12.7 Å². The summed E-state index contributed by atoms with van der Waals surface area (Å²) >= 11 is 0. The third-order valence-electron chi connectivity index (χ3n) is 3.13. The third kappa shape index (κ3) is 1.26. The molecule has 1 aromatic carbocycles. The molecule has 1 aromatic rings. The molecule has 14 heavy (non-hydrogen) atoms. The van der Waals surface area contributed by atoms with Crippen molar-refractivity contribution in [3.8, 4) is 0 Å². The smallest absolute Gasteiger partial charge is 0.140 e. The summed E-state index contributed by atoms with van der Waals surface area (Å²) in [4.78, 5) is 11.5. The lowest BCUT2D eigenvalue weighted by atomic mass is 9.89. The Bertz CT molecular complexity index is 391. The maximum Gasteiger partial charge on any atom is 0.140 e. The minimum atomic E-state index is -0.280. The van der Waals surface area contributed by atoms with Crippen LogP contribution < -0.4 is 0 Å². The van der Waals surface area contributed by atoms with Crippen molar-refractivity contribution in [3.63, 3.8) is 0 Å². The molecular weight excluding hydrogens is 179 g/mol. The number of carbonyl (C=O) groups excluding carboxylic acids is 1. The van der Waals surface area contributed by atoms with E-state index in [0.717, 1.165) is 24.0 Å². The van der Waals surface area contributed by atoms with Crippen LogP contribution in [0.3, 0.4) is 0 Å². The predicted octanol–water partition coefficient (Wildman–Crippen LogP) is 2.75. The van der Waals surface area contributed by atoms with E-state index in [9.17, 15) is 9.18 Å². The summed E-state index contributed by atoms with van der Waals surface area (Å²) in [7, 11) is 0. The van der Waals surface area contributed by atoms with Gasteiger partial charge in [-0.1, -0.05) is 6.07 Å². The molecule has 0 aliphatic heterocycles. The van der Waals surface area contributed by atoms with E-state index in [2.05, 4.69) is 0 Å². The van der Waals surface area contributed by atoms with Gasteiger partial charge in [-0.25, -0.2) is 4.39 Å². The SMILES string of the molecule is CC(=O)C1(c2ccc(F)cc2C)CC1. The Morgan fingerprint density at radius 1 is 1.43 bits per heavy atom. The van der Waals surface area contributed by atoms with Crippen LogP contribution in [0.2, 0.25) is 0 Å². The fraction of sp³-hybridized carbons (Fsp3) is 0.417. The van der Waals surface area contributed by atoms with Crippen LogP contribution in [-0.2, 0) is 10.2 Å². The maximum absolute atomic E-state index is 12.9. The Morgan fingerprint density at radius 3 is 2.50 bits per heavy atom. The van der Waals surface area contributed by atoms with Gasteiger partial charge in [0, 0.05) is 0 Å². The molecule has 2 rings (SSSR count). The topological polar surface area (TPSA) is 17.1 Å². The fourth-order valence-electron chi connectivity index (χ4n) is 2.10. The molecule has 0 unspecified atom stereocenters. The van der Waals surface area contributed by atoms with Gasteiger partial charge in [0.1, 0.15) is 11.6 Å². The van der Waals surface area contributed by atoms with E-state index < -0.39 is 0 Å². The molecule has 2 heteroatoms.